The molecule has 2 aromatic carbocycles. The number of hydrogen-bond donors (Lipinski definition) is 1. The van der Waals surface area contributed by atoms with Gasteiger partial charge in [-0.15, -0.1) is 0 Å². The van der Waals surface area contributed by atoms with Crippen LogP contribution in [0.1, 0.15) is 31.9 Å². The van der Waals surface area contributed by atoms with E-state index in [2.05, 4.69) is 48.2 Å². The maximum Gasteiger partial charge on any atom is 0.216 e. The number of halogens is 1. The number of hydrogen-bond acceptors (Lipinski definition) is 3. The number of aromatic nitrogens is 3. The van der Waals surface area contributed by atoms with Gasteiger partial charge in [-0.25, -0.2) is 9.49 Å². The minimum absolute atomic E-state index is 0.0821. The Labute approximate surface area is 151 Å². The summed E-state index contributed by atoms with van der Waals surface area (Å²) in [5.41, 5.74) is 2.87. The number of H-pyrrole nitrogens is 1. The monoisotopic (exact) mass is 354 g/mol. The lowest BCUT2D eigenvalue weighted by molar-refractivity contribution is 0.590. The van der Waals surface area contributed by atoms with E-state index in [0.29, 0.717) is 16.2 Å². The summed E-state index contributed by atoms with van der Waals surface area (Å²) in [6, 6.07) is 14.4. The average molecular weight is 354 g/mol. The van der Waals surface area contributed by atoms with Gasteiger partial charge in [-0.05, 0) is 40.9 Å². The van der Waals surface area contributed by atoms with Crippen LogP contribution in [-0.4, -0.2) is 21.1 Å². The molecule has 0 aliphatic heterocycles. The SMILES string of the molecule is CC(C)(C)c1ccc(-c2n[nH]c(=S)n2/N=C\c2cccc(F)c2)cc1. The van der Waals surface area contributed by atoms with Crippen molar-refractivity contribution in [1.82, 2.24) is 14.9 Å². The van der Waals surface area contributed by atoms with Crippen LogP contribution in [0.4, 0.5) is 4.39 Å². The van der Waals surface area contributed by atoms with E-state index in [-0.39, 0.29) is 11.2 Å². The van der Waals surface area contributed by atoms with Crippen LogP contribution < -0.4 is 0 Å². The van der Waals surface area contributed by atoms with Crippen molar-refractivity contribution >= 4 is 18.4 Å². The van der Waals surface area contributed by atoms with Crippen molar-refractivity contribution in [3.05, 3.63) is 70.2 Å². The van der Waals surface area contributed by atoms with E-state index in [9.17, 15) is 4.39 Å². The molecule has 0 aliphatic rings. The number of benzene rings is 2. The Morgan fingerprint density at radius 3 is 2.52 bits per heavy atom. The van der Waals surface area contributed by atoms with Crippen molar-refractivity contribution < 1.29 is 4.39 Å². The van der Waals surface area contributed by atoms with E-state index in [1.54, 1.807) is 18.3 Å². The largest absolute Gasteiger partial charge is 0.250 e. The van der Waals surface area contributed by atoms with Crippen LogP contribution in [0.3, 0.4) is 0 Å². The third-order valence-electron chi connectivity index (χ3n) is 3.83. The van der Waals surface area contributed by atoms with Gasteiger partial charge < -0.3 is 0 Å². The number of aromatic amines is 1. The molecule has 0 amide bonds. The van der Waals surface area contributed by atoms with Gasteiger partial charge in [0.05, 0.1) is 6.21 Å². The van der Waals surface area contributed by atoms with Crippen LogP contribution in [0, 0.1) is 10.6 Å². The van der Waals surface area contributed by atoms with Crippen molar-refractivity contribution in [2.24, 2.45) is 5.10 Å². The summed E-state index contributed by atoms with van der Waals surface area (Å²) >= 11 is 5.26. The molecule has 0 radical (unpaired) electrons. The normalized spacial score (nSPS) is 12.0. The first-order valence-electron chi connectivity index (χ1n) is 7.93. The smallest absolute Gasteiger partial charge is 0.216 e. The van der Waals surface area contributed by atoms with Gasteiger partial charge in [0.1, 0.15) is 5.82 Å². The highest BCUT2D eigenvalue weighted by Crippen LogP contribution is 2.25. The predicted molar refractivity (Wildman–Crippen MR) is 101 cm³/mol. The zero-order chi connectivity index (χ0) is 18.0. The second kappa shape index (κ2) is 6.72. The summed E-state index contributed by atoms with van der Waals surface area (Å²) in [6.07, 6.45) is 1.56. The first-order chi connectivity index (χ1) is 11.8. The van der Waals surface area contributed by atoms with Gasteiger partial charge in [-0.1, -0.05) is 57.2 Å². The maximum atomic E-state index is 13.3. The molecule has 0 unspecified atom stereocenters. The van der Waals surface area contributed by atoms with Crippen LogP contribution >= 0.6 is 12.2 Å². The molecular weight excluding hydrogens is 335 g/mol. The van der Waals surface area contributed by atoms with Crippen molar-refractivity contribution in [2.45, 2.75) is 26.2 Å². The fourth-order valence-corrected chi connectivity index (χ4v) is 2.60. The molecule has 3 rings (SSSR count). The van der Waals surface area contributed by atoms with E-state index in [4.69, 9.17) is 12.2 Å². The summed E-state index contributed by atoms with van der Waals surface area (Å²) < 4.78 is 15.2. The highest BCUT2D eigenvalue weighted by Gasteiger charge is 2.14. The Kier molecular flexibility index (Phi) is 4.63. The Bertz CT molecular complexity index is 962. The topological polar surface area (TPSA) is 46.0 Å². The second-order valence-corrected chi connectivity index (χ2v) is 7.18. The summed E-state index contributed by atoms with van der Waals surface area (Å²) in [6.45, 7) is 6.50. The second-order valence-electron chi connectivity index (χ2n) is 6.79. The Hall–Kier alpha value is -2.60. The molecule has 0 fully saturated rings. The summed E-state index contributed by atoms with van der Waals surface area (Å²) in [4.78, 5) is 0. The van der Waals surface area contributed by atoms with Crippen molar-refractivity contribution in [2.75, 3.05) is 0 Å². The van der Waals surface area contributed by atoms with E-state index in [1.807, 2.05) is 12.1 Å². The highest BCUT2D eigenvalue weighted by atomic mass is 32.1. The molecule has 0 aliphatic carbocycles. The molecular formula is C19H19FN4S. The fourth-order valence-electron chi connectivity index (χ4n) is 2.42. The Balaban J connectivity index is 1.96. The van der Waals surface area contributed by atoms with Crippen LogP contribution in [0.15, 0.2) is 53.6 Å². The zero-order valence-electron chi connectivity index (χ0n) is 14.3. The Morgan fingerprint density at radius 1 is 1.16 bits per heavy atom. The van der Waals surface area contributed by atoms with Crippen LogP contribution in [0.25, 0.3) is 11.4 Å². The third kappa shape index (κ3) is 3.91. The minimum Gasteiger partial charge on any atom is -0.250 e. The minimum atomic E-state index is -0.308. The molecule has 6 heteroatoms. The quantitative estimate of drug-likeness (QED) is 0.536. The lowest BCUT2D eigenvalue weighted by atomic mass is 9.87. The van der Waals surface area contributed by atoms with Crippen molar-refractivity contribution in [1.29, 1.82) is 0 Å². The number of rotatable bonds is 3. The number of nitrogens with zero attached hydrogens (tertiary/aromatic N) is 3. The standard InChI is InChI=1S/C19H19FN4S/c1-19(2,3)15-9-7-14(8-10-15)17-22-23-18(25)24(17)21-12-13-5-4-6-16(20)11-13/h4-12H,1-3H3,(H,23,25)/b21-12-. The Morgan fingerprint density at radius 2 is 1.88 bits per heavy atom. The van der Waals surface area contributed by atoms with Gasteiger partial charge in [-0.3, -0.25) is 0 Å². The van der Waals surface area contributed by atoms with Crippen molar-refractivity contribution in [3.8, 4) is 11.4 Å². The maximum absolute atomic E-state index is 13.3. The molecule has 1 aromatic heterocycles. The summed E-state index contributed by atoms with van der Waals surface area (Å²) in [5, 5.41) is 11.4. The van der Waals surface area contributed by atoms with E-state index in [0.717, 1.165) is 5.56 Å². The molecule has 0 saturated carbocycles. The van der Waals surface area contributed by atoms with Gasteiger partial charge in [0.25, 0.3) is 0 Å². The summed E-state index contributed by atoms with van der Waals surface area (Å²) in [7, 11) is 0. The molecule has 0 atom stereocenters. The zero-order valence-corrected chi connectivity index (χ0v) is 15.1. The van der Waals surface area contributed by atoms with E-state index in [1.165, 1.54) is 22.4 Å². The van der Waals surface area contributed by atoms with Crippen LogP contribution in [-0.2, 0) is 5.41 Å². The van der Waals surface area contributed by atoms with Gasteiger partial charge in [0.2, 0.25) is 4.77 Å². The molecule has 0 bridgehead atoms. The van der Waals surface area contributed by atoms with Gasteiger partial charge >= 0.3 is 0 Å². The molecule has 0 saturated heterocycles. The highest BCUT2D eigenvalue weighted by molar-refractivity contribution is 7.71. The lowest BCUT2D eigenvalue weighted by Crippen LogP contribution is -2.10. The lowest BCUT2D eigenvalue weighted by Gasteiger charge is -2.18. The first kappa shape index (κ1) is 17.2. The number of nitrogens with one attached hydrogen (secondary N) is 1. The molecule has 1 N–H and O–H groups in total. The van der Waals surface area contributed by atoms with Gasteiger partial charge in [-0.2, -0.15) is 14.9 Å². The van der Waals surface area contributed by atoms with E-state index >= 15 is 0 Å². The molecule has 4 nitrogen and oxygen atoms in total. The van der Waals surface area contributed by atoms with Crippen molar-refractivity contribution in [3.63, 3.8) is 0 Å². The molecule has 0 spiro atoms. The summed E-state index contributed by atoms with van der Waals surface area (Å²) in [5.74, 6) is 0.302. The van der Waals surface area contributed by atoms with E-state index < -0.39 is 0 Å². The molecule has 1 heterocycles. The first-order valence-corrected chi connectivity index (χ1v) is 8.34. The molecule has 128 valence electrons. The van der Waals surface area contributed by atoms with Gasteiger partial charge in [0.15, 0.2) is 5.82 Å². The van der Waals surface area contributed by atoms with Crippen LogP contribution in [0.2, 0.25) is 0 Å². The van der Waals surface area contributed by atoms with Crippen LogP contribution in [0.5, 0.6) is 0 Å². The predicted octanol–water partition coefficient (Wildman–Crippen LogP) is 4.93. The fraction of sp³-hybridized carbons (Fsp3) is 0.211. The third-order valence-corrected chi connectivity index (χ3v) is 4.09. The molecule has 25 heavy (non-hydrogen) atoms. The van der Waals surface area contributed by atoms with Gasteiger partial charge in [0, 0.05) is 5.56 Å². The molecule has 3 aromatic rings. The average Bonchev–Trinajstić information content (AvgIpc) is 2.93.